The Bertz CT molecular complexity index is 350. The average Bonchev–Trinajstić information content (AvgIpc) is 2.01. The van der Waals surface area contributed by atoms with E-state index in [4.69, 9.17) is 22.4 Å². The second-order valence-electron chi connectivity index (χ2n) is 3.26. The zero-order valence-electron chi connectivity index (χ0n) is 7.83. The number of benzene rings is 1. The van der Waals surface area contributed by atoms with E-state index in [0.717, 1.165) is 0 Å². The Labute approximate surface area is 87.5 Å². The van der Waals surface area contributed by atoms with Crippen LogP contribution in [0.15, 0.2) is 18.2 Å². The third-order valence-electron chi connectivity index (χ3n) is 1.86. The van der Waals surface area contributed by atoms with Gasteiger partial charge >= 0.3 is 5.97 Å². The second kappa shape index (κ2) is 4.44. The molecule has 0 aliphatic heterocycles. The Hall–Kier alpha value is -1.06. The first kappa shape index (κ1) is 11.0. The monoisotopic (exact) mass is 213 g/mol. The van der Waals surface area contributed by atoms with E-state index in [2.05, 4.69) is 0 Å². The number of carboxylic acids is 1. The molecule has 0 heterocycles. The van der Waals surface area contributed by atoms with Gasteiger partial charge in [-0.05, 0) is 25.0 Å². The molecule has 1 rings (SSSR count). The van der Waals surface area contributed by atoms with Crippen molar-refractivity contribution >= 4 is 17.6 Å². The number of rotatable bonds is 3. The van der Waals surface area contributed by atoms with Crippen molar-refractivity contribution in [2.24, 2.45) is 5.73 Å². The maximum Gasteiger partial charge on any atom is 0.337 e. The summed E-state index contributed by atoms with van der Waals surface area (Å²) < 4.78 is 0. The summed E-state index contributed by atoms with van der Waals surface area (Å²) in [5.74, 6) is -1.01. The highest BCUT2D eigenvalue weighted by Gasteiger charge is 2.14. The van der Waals surface area contributed by atoms with E-state index >= 15 is 0 Å². The van der Waals surface area contributed by atoms with E-state index in [1.807, 2.05) is 6.92 Å². The summed E-state index contributed by atoms with van der Waals surface area (Å²) >= 11 is 5.79. The predicted molar refractivity (Wildman–Crippen MR) is 55.8 cm³/mol. The molecule has 0 bridgehead atoms. The molecule has 0 spiro atoms. The van der Waals surface area contributed by atoms with Crippen molar-refractivity contribution in [2.75, 3.05) is 0 Å². The molecular weight excluding hydrogens is 202 g/mol. The molecule has 0 saturated carbocycles. The van der Waals surface area contributed by atoms with E-state index in [-0.39, 0.29) is 16.6 Å². The molecule has 14 heavy (non-hydrogen) atoms. The quantitative estimate of drug-likeness (QED) is 0.807. The van der Waals surface area contributed by atoms with Gasteiger partial charge in [-0.3, -0.25) is 0 Å². The molecule has 3 N–H and O–H groups in total. The first-order valence-corrected chi connectivity index (χ1v) is 4.66. The van der Waals surface area contributed by atoms with Crippen LogP contribution in [-0.4, -0.2) is 17.1 Å². The largest absolute Gasteiger partial charge is 0.478 e. The smallest absolute Gasteiger partial charge is 0.337 e. The summed E-state index contributed by atoms with van der Waals surface area (Å²) in [6.07, 6.45) is 0.516. The van der Waals surface area contributed by atoms with Crippen LogP contribution in [0.3, 0.4) is 0 Å². The topological polar surface area (TPSA) is 63.3 Å². The summed E-state index contributed by atoms with van der Waals surface area (Å²) in [6.45, 7) is 1.83. The second-order valence-corrected chi connectivity index (χ2v) is 3.67. The molecule has 0 saturated heterocycles. The lowest BCUT2D eigenvalue weighted by Crippen LogP contribution is -2.19. The summed E-state index contributed by atoms with van der Waals surface area (Å²) in [6, 6.07) is 4.95. The van der Waals surface area contributed by atoms with Crippen LogP contribution in [0.1, 0.15) is 22.8 Å². The molecule has 0 fully saturated rings. The van der Waals surface area contributed by atoms with Crippen molar-refractivity contribution in [3.8, 4) is 0 Å². The fourth-order valence-corrected chi connectivity index (χ4v) is 1.60. The van der Waals surface area contributed by atoms with Crippen LogP contribution in [0.2, 0.25) is 5.02 Å². The molecule has 0 aliphatic rings. The van der Waals surface area contributed by atoms with Gasteiger partial charge in [0.05, 0.1) is 10.6 Å². The minimum absolute atomic E-state index is 0.0773. The highest BCUT2D eigenvalue weighted by atomic mass is 35.5. The number of halogens is 1. The van der Waals surface area contributed by atoms with Gasteiger partial charge in [0.15, 0.2) is 0 Å². The van der Waals surface area contributed by atoms with Crippen molar-refractivity contribution in [3.63, 3.8) is 0 Å². The molecule has 1 aromatic carbocycles. The Morgan fingerprint density at radius 3 is 2.79 bits per heavy atom. The molecule has 0 aliphatic carbocycles. The Balaban J connectivity index is 3.14. The molecule has 4 heteroatoms. The number of nitrogens with two attached hydrogens (primary N) is 1. The maximum atomic E-state index is 10.9. The molecule has 1 unspecified atom stereocenters. The van der Waals surface area contributed by atoms with E-state index in [1.54, 1.807) is 18.2 Å². The van der Waals surface area contributed by atoms with Gasteiger partial charge in [0.1, 0.15) is 0 Å². The fourth-order valence-electron chi connectivity index (χ4n) is 1.33. The number of carboxylic acid groups (broad SMARTS) is 1. The van der Waals surface area contributed by atoms with Crippen LogP contribution in [0.25, 0.3) is 0 Å². The predicted octanol–water partition coefficient (Wildman–Crippen LogP) is 1.93. The Kier molecular flexibility index (Phi) is 3.49. The number of hydrogen-bond donors (Lipinski definition) is 2. The number of aromatic carboxylic acids is 1. The minimum atomic E-state index is -1.01. The van der Waals surface area contributed by atoms with Crippen molar-refractivity contribution in [2.45, 2.75) is 19.4 Å². The van der Waals surface area contributed by atoms with Crippen molar-refractivity contribution < 1.29 is 9.90 Å². The van der Waals surface area contributed by atoms with Gasteiger partial charge in [-0.25, -0.2) is 4.79 Å². The van der Waals surface area contributed by atoms with Crippen LogP contribution >= 0.6 is 11.6 Å². The van der Waals surface area contributed by atoms with Crippen LogP contribution in [0, 0.1) is 0 Å². The van der Waals surface area contributed by atoms with E-state index in [0.29, 0.717) is 12.0 Å². The van der Waals surface area contributed by atoms with Gasteiger partial charge in [-0.1, -0.05) is 23.7 Å². The summed E-state index contributed by atoms with van der Waals surface area (Å²) in [4.78, 5) is 10.9. The molecule has 76 valence electrons. The normalized spacial score (nSPS) is 12.5. The lowest BCUT2D eigenvalue weighted by Gasteiger charge is -2.09. The molecule has 0 amide bonds. The minimum Gasteiger partial charge on any atom is -0.478 e. The lowest BCUT2D eigenvalue weighted by atomic mass is 10.0. The van der Waals surface area contributed by atoms with Crippen molar-refractivity contribution in [1.82, 2.24) is 0 Å². The zero-order valence-corrected chi connectivity index (χ0v) is 8.58. The van der Waals surface area contributed by atoms with Gasteiger partial charge in [0.25, 0.3) is 0 Å². The van der Waals surface area contributed by atoms with E-state index in [1.165, 1.54) is 0 Å². The summed E-state index contributed by atoms with van der Waals surface area (Å²) in [5, 5.41) is 9.19. The van der Waals surface area contributed by atoms with Gasteiger partial charge in [-0.2, -0.15) is 0 Å². The van der Waals surface area contributed by atoms with Crippen LogP contribution < -0.4 is 5.73 Å². The molecule has 1 aromatic rings. The SMILES string of the molecule is CC(N)Cc1cccc(Cl)c1C(=O)O. The molecule has 0 radical (unpaired) electrons. The highest BCUT2D eigenvalue weighted by Crippen LogP contribution is 2.20. The van der Waals surface area contributed by atoms with Crippen LogP contribution in [-0.2, 0) is 6.42 Å². The standard InChI is InChI=1S/C10H12ClNO2/c1-6(12)5-7-3-2-4-8(11)9(7)10(13)14/h2-4,6H,5,12H2,1H3,(H,13,14). The molecule has 1 atom stereocenters. The molecule has 3 nitrogen and oxygen atoms in total. The van der Waals surface area contributed by atoms with Crippen LogP contribution in [0.5, 0.6) is 0 Å². The first-order valence-electron chi connectivity index (χ1n) is 4.28. The lowest BCUT2D eigenvalue weighted by molar-refractivity contribution is 0.0696. The van der Waals surface area contributed by atoms with Gasteiger partial charge in [0.2, 0.25) is 0 Å². The average molecular weight is 214 g/mol. The first-order chi connectivity index (χ1) is 6.52. The van der Waals surface area contributed by atoms with E-state index in [9.17, 15) is 4.79 Å². The molecular formula is C10H12ClNO2. The van der Waals surface area contributed by atoms with Gasteiger partial charge < -0.3 is 10.8 Å². The summed E-state index contributed by atoms with van der Waals surface area (Å²) in [5.41, 5.74) is 6.45. The number of hydrogen-bond acceptors (Lipinski definition) is 2. The van der Waals surface area contributed by atoms with Gasteiger partial charge in [-0.15, -0.1) is 0 Å². The number of carbonyl (C=O) groups is 1. The van der Waals surface area contributed by atoms with Crippen LogP contribution in [0.4, 0.5) is 0 Å². The third kappa shape index (κ3) is 2.47. The Morgan fingerprint density at radius 2 is 2.29 bits per heavy atom. The molecule has 0 aromatic heterocycles. The maximum absolute atomic E-state index is 10.9. The van der Waals surface area contributed by atoms with E-state index < -0.39 is 5.97 Å². The van der Waals surface area contributed by atoms with Crippen molar-refractivity contribution in [3.05, 3.63) is 34.3 Å². The van der Waals surface area contributed by atoms with Crippen molar-refractivity contribution in [1.29, 1.82) is 0 Å². The summed E-state index contributed by atoms with van der Waals surface area (Å²) in [7, 11) is 0. The fraction of sp³-hybridized carbons (Fsp3) is 0.300. The Morgan fingerprint density at radius 1 is 1.64 bits per heavy atom. The van der Waals surface area contributed by atoms with Gasteiger partial charge in [0, 0.05) is 6.04 Å². The highest BCUT2D eigenvalue weighted by molar-refractivity contribution is 6.33. The zero-order chi connectivity index (χ0) is 10.7. The third-order valence-corrected chi connectivity index (χ3v) is 2.17.